The number of hydrogen-bond donors (Lipinski definition) is 1. The minimum atomic E-state index is -1.64. The zero-order chi connectivity index (χ0) is 9.19. The second-order valence-corrected chi connectivity index (χ2v) is 2.91. The van der Waals surface area contributed by atoms with E-state index in [1.54, 1.807) is 0 Å². The minimum Gasteiger partial charge on any atom is -0.327 e. The molecule has 12 heavy (non-hydrogen) atoms. The fourth-order valence-electron chi connectivity index (χ4n) is 0.931. The lowest BCUT2D eigenvalue weighted by atomic mass is 9.98. The zero-order valence-corrected chi connectivity index (χ0v) is 6.85. The van der Waals surface area contributed by atoms with Crippen LogP contribution in [0.2, 0.25) is 0 Å². The maximum atomic E-state index is 13.4. The third-order valence-electron chi connectivity index (χ3n) is 1.81. The number of halogens is 2. The molecule has 0 aliphatic carbocycles. The quantitative estimate of drug-likeness (QED) is 0.723. The van der Waals surface area contributed by atoms with Crippen LogP contribution in [0.15, 0.2) is 24.3 Å². The molecule has 0 aliphatic heterocycles. The van der Waals surface area contributed by atoms with Gasteiger partial charge < -0.3 is 5.73 Å². The lowest BCUT2D eigenvalue weighted by molar-refractivity contribution is 0.203. The predicted octanol–water partition coefficient (Wildman–Crippen LogP) is 1.97. The normalized spacial score (nSPS) is 15.7. The van der Waals surface area contributed by atoms with E-state index in [0.29, 0.717) is 0 Å². The van der Waals surface area contributed by atoms with E-state index in [0.717, 1.165) is 6.07 Å². The van der Waals surface area contributed by atoms with E-state index < -0.39 is 11.5 Å². The van der Waals surface area contributed by atoms with Crippen molar-refractivity contribution in [3.8, 4) is 0 Å². The fraction of sp³-hybridized carbons (Fsp3) is 0.333. The molecule has 0 saturated heterocycles. The third kappa shape index (κ3) is 1.80. The Morgan fingerprint density at radius 1 is 1.50 bits per heavy atom. The Labute approximate surface area is 70.2 Å². The lowest BCUT2D eigenvalue weighted by Gasteiger charge is -2.17. The summed E-state index contributed by atoms with van der Waals surface area (Å²) in [4.78, 5) is 0. The summed E-state index contributed by atoms with van der Waals surface area (Å²) in [5.41, 5.74) is 3.84. The van der Waals surface area contributed by atoms with E-state index in [1.165, 1.54) is 25.1 Å². The summed E-state index contributed by atoms with van der Waals surface area (Å²) in [5, 5.41) is 0. The highest BCUT2D eigenvalue weighted by molar-refractivity contribution is 5.22. The number of nitrogens with two attached hydrogens (primary N) is 1. The molecule has 1 unspecified atom stereocenters. The van der Waals surface area contributed by atoms with Crippen LogP contribution in [0.5, 0.6) is 0 Å². The average Bonchev–Trinajstić information content (AvgIpc) is 2.05. The van der Waals surface area contributed by atoms with E-state index in [2.05, 4.69) is 0 Å². The maximum absolute atomic E-state index is 13.4. The van der Waals surface area contributed by atoms with Crippen LogP contribution >= 0.6 is 0 Å². The van der Waals surface area contributed by atoms with Crippen LogP contribution in [-0.2, 0) is 5.67 Å². The summed E-state index contributed by atoms with van der Waals surface area (Å²) < 4.78 is 26.1. The molecule has 0 bridgehead atoms. The first-order chi connectivity index (χ1) is 5.56. The largest absolute Gasteiger partial charge is 0.327 e. The first-order valence-corrected chi connectivity index (χ1v) is 3.71. The van der Waals surface area contributed by atoms with Crippen LogP contribution in [0.3, 0.4) is 0 Å². The van der Waals surface area contributed by atoms with E-state index >= 15 is 0 Å². The molecule has 1 atom stereocenters. The molecule has 0 fully saturated rings. The second-order valence-electron chi connectivity index (χ2n) is 2.91. The summed E-state index contributed by atoms with van der Waals surface area (Å²) >= 11 is 0. The average molecular weight is 171 g/mol. The molecule has 0 saturated carbocycles. The van der Waals surface area contributed by atoms with Crippen LogP contribution in [0.25, 0.3) is 0 Å². The topological polar surface area (TPSA) is 26.0 Å². The van der Waals surface area contributed by atoms with Crippen LogP contribution in [0.4, 0.5) is 8.78 Å². The number of alkyl halides is 1. The molecule has 1 aromatic carbocycles. The van der Waals surface area contributed by atoms with Gasteiger partial charge in [0.25, 0.3) is 0 Å². The first kappa shape index (κ1) is 9.13. The number of rotatable bonds is 2. The smallest absolute Gasteiger partial charge is 0.145 e. The molecule has 3 heteroatoms. The summed E-state index contributed by atoms with van der Waals surface area (Å²) in [6.07, 6.45) is 0. The van der Waals surface area contributed by atoms with Gasteiger partial charge in [0.15, 0.2) is 0 Å². The Morgan fingerprint density at radius 2 is 2.17 bits per heavy atom. The highest BCUT2D eigenvalue weighted by Gasteiger charge is 2.23. The Bertz CT molecular complexity index is 271. The van der Waals surface area contributed by atoms with Gasteiger partial charge in [-0.2, -0.15) is 0 Å². The van der Waals surface area contributed by atoms with Gasteiger partial charge in [-0.3, -0.25) is 0 Å². The summed E-state index contributed by atoms with van der Waals surface area (Å²) in [7, 11) is 0. The Morgan fingerprint density at radius 3 is 2.67 bits per heavy atom. The SMILES string of the molecule is CC(F)(CN)c1cccc(F)c1. The maximum Gasteiger partial charge on any atom is 0.145 e. The van der Waals surface area contributed by atoms with Crippen molar-refractivity contribution in [3.63, 3.8) is 0 Å². The molecular weight excluding hydrogens is 160 g/mol. The number of hydrogen-bond acceptors (Lipinski definition) is 1. The van der Waals surface area contributed by atoms with Crippen LogP contribution in [0.1, 0.15) is 12.5 Å². The van der Waals surface area contributed by atoms with E-state index in [4.69, 9.17) is 5.73 Å². The minimum absolute atomic E-state index is 0.142. The van der Waals surface area contributed by atoms with Gasteiger partial charge in [-0.05, 0) is 24.6 Å². The summed E-state index contributed by atoms with van der Waals surface area (Å²) in [6, 6.07) is 5.43. The molecule has 1 nitrogen and oxygen atoms in total. The van der Waals surface area contributed by atoms with Gasteiger partial charge in [0.05, 0.1) is 0 Å². The van der Waals surface area contributed by atoms with Crippen LogP contribution in [0, 0.1) is 5.82 Å². The molecule has 1 aromatic rings. The van der Waals surface area contributed by atoms with Gasteiger partial charge in [0.1, 0.15) is 11.5 Å². The van der Waals surface area contributed by atoms with Crippen LogP contribution < -0.4 is 5.73 Å². The van der Waals surface area contributed by atoms with Gasteiger partial charge in [0.2, 0.25) is 0 Å². The standard InChI is InChI=1S/C9H11F2N/c1-9(11,6-12)7-3-2-4-8(10)5-7/h2-5H,6,12H2,1H3. The summed E-state index contributed by atoms with van der Waals surface area (Å²) in [5.74, 6) is -0.440. The molecule has 66 valence electrons. The van der Waals surface area contributed by atoms with Crippen LogP contribution in [-0.4, -0.2) is 6.54 Å². The van der Waals surface area contributed by atoms with Crippen molar-refractivity contribution in [1.82, 2.24) is 0 Å². The van der Waals surface area contributed by atoms with Gasteiger partial charge >= 0.3 is 0 Å². The molecule has 0 heterocycles. The van der Waals surface area contributed by atoms with Gasteiger partial charge in [-0.1, -0.05) is 12.1 Å². The van der Waals surface area contributed by atoms with E-state index in [1.807, 2.05) is 0 Å². The summed E-state index contributed by atoms with van der Waals surface area (Å²) in [6.45, 7) is 1.19. The highest BCUT2D eigenvalue weighted by Crippen LogP contribution is 2.24. The van der Waals surface area contributed by atoms with Crippen molar-refractivity contribution in [2.75, 3.05) is 6.54 Å². The van der Waals surface area contributed by atoms with Crippen molar-refractivity contribution in [1.29, 1.82) is 0 Å². The molecule has 1 rings (SSSR count). The first-order valence-electron chi connectivity index (χ1n) is 3.71. The molecule has 2 N–H and O–H groups in total. The Hall–Kier alpha value is -0.960. The molecule has 0 radical (unpaired) electrons. The molecule has 0 aromatic heterocycles. The predicted molar refractivity (Wildman–Crippen MR) is 43.9 cm³/mol. The van der Waals surface area contributed by atoms with E-state index in [9.17, 15) is 8.78 Å². The Kier molecular flexibility index (Phi) is 2.43. The van der Waals surface area contributed by atoms with Crippen molar-refractivity contribution in [2.24, 2.45) is 5.73 Å². The monoisotopic (exact) mass is 171 g/mol. The van der Waals surface area contributed by atoms with Gasteiger partial charge in [-0.15, -0.1) is 0 Å². The number of benzene rings is 1. The van der Waals surface area contributed by atoms with Crippen molar-refractivity contribution >= 4 is 0 Å². The highest BCUT2D eigenvalue weighted by atomic mass is 19.1. The fourth-order valence-corrected chi connectivity index (χ4v) is 0.931. The molecule has 0 spiro atoms. The van der Waals surface area contributed by atoms with Crippen molar-refractivity contribution in [3.05, 3.63) is 35.6 Å². The zero-order valence-electron chi connectivity index (χ0n) is 6.85. The molecule has 0 amide bonds. The van der Waals surface area contributed by atoms with Crippen molar-refractivity contribution < 1.29 is 8.78 Å². The second kappa shape index (κ2) is 3.19. The van der Waals surface area contributed by atoms with Crippen molar-refractivity contribution in [2.45, 2.75) is 12.6 Å². The lowest BCUT2D eigenvalue weighted by Crippen LogP contribution is -2.26. The molecular formula is C9H11F2N. The Balaban J connectivity index is 3.03. The van der Waals surface area contributed by atoms with Gasteiger partial charge in [0, 0.05) is 6.54 Å². The molecule has 0 aliphatic rings. The van der Waals surface area contributed by atoms with Gasteiger partial charge in [-0.25, -0.2) is 8.78 Å². The van der Waals surface area contributed by atoms with E-state index in [-0.39, 0.29) is 12.1 Å². The third-order valence-corrected chi connectivity index (χ3v) is 1.81.